The van der Waals surface area contributed by atoms with Gasteiger partial charge in [0.1, 0.15) is 0 Å². The Balaban J connectivity index is 0. The Morgan fingerprint density at radius 3 is 2.00 bits per heavy atom. The Kier molecular flexibility index (Phi) is 12.2. The van der Waals surface area contributed by atoms with E-state index in [0.29, 0.717) is 19.4 Å². The van der Waals surface area contributed by atoms with Crippen molar-refractivity contribution < 1.29 is 24.5 Å². The maximum absolute atomic E-state index is 10.9. The number of carbonyl (C=O) groups is 2. The molecule has 5 heteroatoms. The lowest BCUT2D eigenvalue weighted by molar-refractivity contribution is -0.148. The molecule has 0 saturated heterocycles. The van der Waals surface area contributed by atoms with Crippen LogP contribution in [-0.4, -0.2) is 34.9 Å². The minimum atomic E-state index is -0.745. The number of hydrogen-bond acceptors (Lipinski definition) is 4. The zero-order valence-electron chi connectivity index (χ0n) is 11.1. The van der Waals surface area contributed by atoms with Gasteiger partial charge in [0.2, 0.25) is 0 Å². The van der Waals surface area contributed by atoms with Gasteiger partial charge in [-0.05, 0) is 6.42 Å². The van der Waals surface area contributed by atoms with E-state index < -0.39 is 5.97 Å². The molecule has 0 rings (SSSR count). The van der Waals surface area contributed by atoms with Gasteiger partial charge < -0.3 is 14.9 Å². The lowest BCUT2D eigenvalue weighted by atomic mass is 10.2. The molecule has 0 aliphatic rings. The molecule has 0 aromatic rings. The molecule has 102 valence electrons. The van der Waals surface area contributed by atoms with Gasteiger partial charge in [0.15, 0.2) is 0 Å². The van der Waals surface area contributed by atoms with Crippen molar-refractivity contribution in [3.63, 3.8) is 0 Å². The van der Waals surface area contributed by atoms with E-state index in [2.05, 4.69) is 0 Å². The van der Waals surface area contributed by atoms with Gasteiger partial charge in [0.25, 0.3) is 0 Å². The zero-order valence-corrected chi connectivity index (χ0v) is 11.1. The summed E-state index contributed by atoms with van der Waals surface area (Å²) in [5.74, 6) is -1.02. The highest BCUT2D eigenvalue weighted by Gasteiger charge is 2.08. The number of ether oxygens (including phenoxy) is 1. The maximum Gasteiger partial charge on any atom is 0.308 e. The summed E-state index contributed by atoms with van der Waals surface area (Å²) in [4.78, 5) is 20.3. The van der Waals surface area contributed by atoms with Crippen LogP contribution in [0.2, 0.25) is 0 Å². The molecule has 1 unspecified atom stereocenters. The van der Waals surface area contributed by atoms with E-state index in [1.807, 2.05) is 6.92 Å². The highest BCUT2D eigenvalue weighted by molar-refractivity contribution is 5.71. The predicted molar refractivity (Wildman–Crippen MR) is 64.6 cm³/mol. The van der Waals surface area contributed by atoms with Gasteiger partial charge in [0.05, 0.1) is 18.6 Å². The molecule has 0 spiro atoms. The zero-order chi connectivity index (χ0) is 13.8. The molecule has 5 nitrogen and oxygen atoms in total. The molecule has 0 radical (unpaired) electrons. The fourth-order valence-electron chi connectivity index (χ4n) is 0.666. The quantitative estimate of drug-likeness (QED) is 0.700. The fraction of sp³-hybridized carbons (Fsp3) is 0.833. The number of aliphatic carboxylic acids is 1. The van der Waals surface area contributed by atoms with Crippen LogP contribution in [0.5, 0.6) is 0 Å². The number of rotatable bonds is 6. The Hall–Kier alpha value is -1.10. The van der Waals surface area contributed by atoms with Crippen molar-refractivity contribution in [3.8, 4) is 0 Å². The molecular weight excluding hydrogens is 224 g/mol. The molecule has 0 fully saturated rings. The summed E-state index contributed by atoms with van der Waals surface area (Å²) < 4.78 is 4.88. The normalized spacial score (nSPS) is 11.4. The van der Waals surface area contributed by atoms with Crippen molar-refractivity contribution in [1.29, 1.82) is 0 Å². The summed E-state index contributed by atoms with van der Waals surface area (Å²) in [5.41, 5.74) is 0. The summed E-state index contributed by atoms with van der Waals surface area (Å²) >= 11 is 0. The number of carboxylic acid groups (broad SMARTS) is 1. The third kappa shape index (κ3) is 14.9. The third-order valence-electron chi connectivity index (χ3n) is 1.94. The first-order valence-corrected chi connectivity index (χ1v) is 5.91. The number of carbonyl (C=O) groups excluding carboxylic acids is 1. The minimum absolute atomic E-state index is 0.0798. The van der Waals surface area contributed by atoms with E-state index in [4.69, 9.17) is 14.9 Å². The lowest BCUT2D eigenvalue weighted by Gasteiger charge is -2.09. The van der Waals surface area contributed by atoms with Crippen molar-refractivity contribution in [3.05, 3.63) is 0 Å². The average molecular weight is 248 g/mol. The Morgan fingerprint density at radius 2 is 1.71 bits per heavy atom. The molecule has 0 aliphatic carbocycles. The van der Waals surface area contributed by atoms with Crippen molar-refractivity contribution in [1.82, 2.24) is 0 Å². The second-order valence-corrected chi connectivity index (χ2v) is 3.92. The van der Waals surface area contributed by atoms with Gasteiger partial charge in [-0.3, -0.25) is 9.59 Å². The topological polar surface area (TPSA) is 83.8 Å². The summed E-state index contributed by atoms with van der Waals surface area (Å²) in [7, 11) is 0. The van der Waals surface area contributed by atoms with Crippen molar-refractivity contribution in [2.24, 2.45) is 5.92 Å². The fourth-order valence-corrected chi connectivity index (χ4v) is 0.666. The SMILES string of the molecule is CCC(=O)O.CCC(O)CCOC(=O)C(C)C. The van der Waals surface area contributed by atoms with Gasteiger partial charge in [-0.1, -0.05) is 27.7 Å². The molecule has 0 aromatic heterocycles. The summed E-state index contributed by atoms with van der Waals surface area (Å²) in [6.45, 7) is 7.40. The molecule has 0 saturated carbocycles. The first-order valence-electron chi connectivity index (χ1n) is 5.91. The van der Waals surface area contributed by atoms with Crippen LogP contribution in [0.15, 0.2) is 0 Å². The number of carboxylic acids is 1. The first-order chi connectivity index (χ1) is 7.84. The summed E-state index contributed by atoms with van der Waals surface area (Å²) in [5, 5.41) is 16.8. The molecule has 17 heavy (non-hydrogen) atoms. The molecule has 1 atom stereocenters. The lowest BCUT2D eigenvalue weighted by Crippen LogP contribution is -2.16. The van der Waals surface area contributed by atoms with Crippen LogP contribution in [0, 0.1) is 5.92 Å². The molecule has 0 bridgehead atoms. The van der Waals surface area contributed by atoms with Gasteiger partial charge >= 0.3 is 11.9 Å². The Bertz CT molecular complexity index is 213. The number of aliphatic hydroxyl groups excluding tert-OH is 1. The van der Waals surface area contributed by atoms with Crippen molar-refractivity contribution in [2.45, 2.75) is 53.1 Å². The van der Waals surface area contributed by atoms with Gasteiger partial charge in [-0.2, -0.15) is 0 Å². The van der Waals surface area contributed by atoms with Crippen LogP contribution in [0.4, 0.5) is 0 Å². The molecular formula is C12H24O5. The highest BCUT2D eigenvalue weighted by atomic mass is 16.5. The molecule has 2 N–H and O–H groups in total. The van der Waals surface area contributed by atoms with E-state index in [0.717, 1.165) is 0 Å². The molecule has 0 amide bonds. The van der Waals surface area contributed by atoms with E-state index in [1.165, 1.54) is 0 Å². The van der Waals surface area contributed by atoms with Crippen LogP contribution < -0.4 is 0 Å². The third-order valence-corrected chi connectivity index (χ3v) is 1.94. The van der Waals surface area contributed by atoms with Crippen LogP contribution in [0.3, 0.4) is 0 Å². The molecule has 0 aliphatic heterocycles. The smallest absolute Gasteiger partial charge is 0.308 e. The van der Waals surface area contributed by atoms with E-state index in [-0.39, 0.29) is 24.4 Å². The van der Waals surface area contributed by atoms with Crippen molar-refractivity contribution in [2.75, 3.05) is 6.61 Å². The minimum Gasteiger partial charge on any atom is -0.481 e. The highest BCUT2D eigenvalue weighted by Crippen LogP contribution is 2.00. The monoisotopic (exact) mass is 248 g/mol. The van der Waals surface area contributed by atoms with Crippen LogP contribution in [0.1, 0.15) is 47.0 Å². The van der Waals surface area contributed by atoms with Crippen molar-refractivity contribution >= 4 is 11.9 Å². The summed E-state index contributed by atoms with van der Waals surface area (Å²) in [6.07, 6.45) is 1.12. The second kappa shape index (κ2) is 11.4. The predicted octanol–water partition coefficient (Wildman–Crippen LogP) is 1.83. The van der Waals surface area contributed by atoms with E-state index in [9.17, 15) is 9.59 Å². The molecule has 0 heterocycles. The standard InChI is InChI=1S/C9H18O3.C3H6O2/c1-4-8(10)5-6-12-9(11)7(2)3;1-2-3(4)5/h7-8,10H,4-6H2,1-3H3;2H2,1H3,(H,4,5). The van der Waals surface area contributed by atoms with Gasteiger partial charge in [-0.25, -0.2) is 0 Å². The van der Waals surface area contributed by atoms with E-state index >= 15 is 0 Å². The average Bonchev–Trinajstić information content (AvgIpc) is 2.29. The van der Waals surface area contributed by atoms with Gasteiger partial charge in [-0.15, -0.1) is 0 Å². The molecule has 0 aromatic carbocycles. The Morgan fingerprint density at radius 1 is 1.24 bits per heavy atom. The Labute approximate surface area is 103 Å². The van der Waals surface area contributed by atoms with Crippen LogP contribution in [0.25, 0.3) is 0 Å². The number of esters is 1. The van der Waals surface area contributed by atoms with Crippen LogP contribution >= 0.6 is 0 Å². The first kappa shape index (κ1) is 18.3. The van der Waals surface area contributed by atoms with Crippen LogP contribution in [-0.2, 0) is 14.3 Å². The second-order valence-electron chi connectivity index (χ2n) is 3.92. The summed E-state index contributed by atoms with van der Waals surface area (Å²) in [6, 6.07) is 0. The van der Waals surface area contributed by atoms with E-state index in [1.54, 1.807) is 20.8 Å². The van der Waals surface area contributed by atoms with Gasteiger partial charge in [0, 0.05) is 12.8 Å². The largest absolute Gasteiger partial charge is 0.481 e. The number of aliphatic hydroxyl groups is 1. The number of hydrogen-bond donors (Lipinski definition) is 2. The maximum atomic E-state index is 10.9.